The highest BCUT2D eigenvalue weighted by molar-refractivity contribution is 5.91. The molecule has 2 aromatic rings. The second-order valence-corrected chi connectivity index (χ2v) is 3.78. The smallest absolute Gasteiger partial charge is 0.341 e. The van der Waals surface area contributed by atoms with E-state index in [2.05, 4.69) is 4.98 Å². The molecule has 1 aromatic carbocycles. The summed E-state index contributed by atoms with van der Waals surface area (Å²) >= 11 is 0. The van der Waals surface area contributed by atoms with Gasteiger partial charge in [-0.1, -0.05) is 12.1 Å². The molecule has 2 rings (SSSR count). The van der Waals surface area contributed by atoms with Crippen LogP contribution in [0.2, 0.25) is 0 Å². The lowest BCUT2D eigenvalue weighted by Gasteiger charge is -2.06. The molecule has 0 radical (unpaired) electrons. The van der Waals surface area contributed by atoms with Gasteiger partial charge in [-0.15, -0.1) is 0 Å². The van der Waals surface area contributed by atoms with E-state index in [1.54, 1.807) is 24.3 Å². The van der Waals surface area contributed by atoms with Crippen LogP contribution in [0.1, 0.15) is 15.9 Å². The summed E-state index contributed by atoms with van der Waals surface area (Å²) in [6.07, 6.45) is 1.53. The predicted octanol–water partition coefficient (Wildman–Crippen LogP) is 2.33. The summed E-state index contributed by atoms with van der Waals surface area (Å²) in [4.78, 5) is 15.1. The van der Waals surface area contributed by atoms with Gasteiger partial charge in [-0.25, -0.2) is 9.78 Å². The van der Waals surface area contributed by atoms with Crippen molar-refractivity contribution in [3.8, 4) is 23.1 Å². The normalized spacial score (nSPS) is 9.68. The average Bonchev–Trinajstić information content (AvgIpc) is 2.46. The molecule has 1 N–H and O–H groups in total. The van der Waals surface area contributed by atoms with Crippen LogP contribution in [0.5, 0.6) is 5.88 Å². The van der Waals surface area contributed by atoms with Crippen molar-refractivity contribution in [2.45, 2.75) is 0 Å². The van der Waals surface area contributed by atoms with Crippen molar-refractivity contribution in [2.75, 3.05) is 7.11 Å². The molecule has 5 nitrogen and oxygen atoms in total. The van der Waals surface area contributed by atoms with Crippen LogP contribution in [0.15, 0.2) is 36.5 Å². The number of nitriles is 1. The van der Waals surface area contributed by atoms with Gasteiger partial charge >= 0.3 is 5.97 Å². The molecule has 0 fully saturated rings. The molecule has 0 spiro atoms. The van der Waals surface area contributed by atoms with Crippen LogP contribution in [0, 0.1) is 11.3 Å². The molecule has 1 heterocycles. The molecule has 5 heteroatoms. The average molecular weight is 254 g/mol. The number of benzene rings is 1. The van der Waals surface area contributed by atoms with Crippen LogP contribution in [0.4, 0.5) is 0 Å². The predicted molar refractivity (Wildman–Crippen MR) is 67.9 cm³/mol. The first-order valence-corrected chi connectivity index (χ1v) is 5.43. The maximum atomic E-state index is 11.1. The summed E-state index contributed by atoms with van der Waals surface area (Å²) in [6.45, 7) is 0. The first-order valence-electron chi connectivity index (χ1n) is 5.43. The molecule has 0 amide bonds. The van der Waals surface area contributed by atoms with Gasteiger partial charge in [-0.2, -0.15) is 5.26 Å². The molecular weight excluding hydrogens is 244 g/mol. The van der Waals surface area contributed by atoms with Crippen molar-refractivity contribution in [1.82, 2.24) is 4.98 Å². The number of carbonyl (C=O) groups is 1. The number of hydrogen-bond donors (Lipinski definition) is 1. The zero-order valence-corrected chi connectivity index (χ0v) is 10.1. The third-order valence-corrected chi connectivity index (χ3v) is 2.62. The molecule has 94 valence electrons. The van der Waals surface area contributed by atoms with Gasteiger partial charge in [0.05, 0.1) is 18.7 Å². The minimum atomic E-state index is -1.10. The van der Waals surface area contributed by atoms with Crippen LogP contribution in [-0.2, 0) is 0 Å². The summed E-state index contributed by atoms with van der Waals surface area (Å²) < 4.78 is 4.90. The van der Waals surface area contributed by atoms with Gasteiger partial charge in [0.25, 0.3) is 0 Å². The minimum absolute atomic E-state index is 0.00404. The Morgan fingerprint density at radius 2 is 2.00 bits per heavy atom. The molecular formula is C14H10N2O3. The lowest BCUT2D eigenvalue weighted by molar-refractivity contribution is 0.0692. The summed E-state index contributed by atoms with van der Waals surface area (Å²) in [5.41, 5.74) is 1.99. The van der Waals surface area contributed by atoms with Gasteiger partial charge in [-0.05, 0) is 23.8 Å². The van der Waals surface area contributed by atoms with E-state index in [1.165, 1.54) is 19.4 Å². The van der Waals surface area contributed by atoms with Crippen molar-refractivity contribution >= 4 is 5.97 Å². The Labute approximate surface area is 109 Å². The van der Waals surface area contributed by atoms with Crippen molar-refractivity contribution in [3.63, 3.8) is 0 Å². The van der Waals surface area contributed by atoms with Gasteiger partial charge < -0.3 is 9.84 Å². The monoisotopic (exact) mass is 254 g/mol. The summed E-state index contributed by atoms with van der Waals surface area (Å²) in [6, 6.07) is 10.3. The minimum Gasteiger partial charge on any atom is -0.480 e. The van der Waals surface area contributed by atoms with Crippen LogP contribution >= 0.6 is 0 Å². The van der Waals surface area contributed by atoms with Gasteiger partial charge in [-0.3, -0.25) is 0 Å². The lowest BCUT2D eigenvalue weighted by atomic mass is 10.0. The van der Waals surface area contributed by atoms with Gasteiger partial charge in [0.1, 0.15) is 5.56 Å². The fourth-order valence-corrected chi connectivity index (χ4v) is 1.66. The van der Waals surface area contributed by atoms with Crippen molar-refractivity contribution in [1.29, 1.82) is 5.26 Å². The second kappa shape index (κ2) is 5.19. The van der Waals surface area contributed by atoms with E-state index in [0.717, 1.165) is 5.56 Å². The Morgan fingerprint density at radius 1 is 1.32 bits per heavy atom. The third-order valence-electron chi connectivity index (χ3n) is 2.62. The number of nitrogens with zero attached hydrogens (tertiary/aromatic N) is 2. The molecule has 1 aromatic heterocycles. The highest BCUT2D eigenvalue weighted by Gasteiger charge is 2.13. The number of carboxylic acids is 1. The van der Waals surface area contributed by atoms with E-state index in [1.807, 2.05) is 6.07 Å². The number of aromatic nitrogens is 1. The largest absolute Gasteiger partial charge is 0.480 e. The molecule has 0 aliphatic carbocycles. The molecule has 0 bridgehead atoms. The molecule has 0 saturated heterocycles. The number of rotatable bonds is 3. The van der Waals surface area contributed by atoms with E-state index in [9.17, 15) is 4.79 Å². The van der Waals surface area contributed by atoms with Gasteiger partial charge in [0.15, 0.2) is 0 Å². The van der Waals surface area contributed by atoms with Gasteiger partial charge in [0.2, 0.25) is 5.88 Å². The first kappa shape index (κ1) is 12.6. The highest BCUT2D eigenvalue weighted by atomic mass is 16.5. The molecule has 0 atom stereocenters. The van der Waals surface area contributed by atoms with Crippen molar-refractivity contribution in [2.24, 2.45) is 0 Å². The highest BCUT2D eigenvalue weighted by Crippen LogP contribution is 2.24. The number of methoxy groups -OCH3 is 1. The van der Waals surface area contributed by atoms with Crippen molar-refractivity contribution < 1.29 is 14.6 Å². The van der Waals surface area contributed by atoms with Crippen molar-refractivity contribution in [3.05, 3.63) is 47.7 Å². The van der Waals surface area contributed by atoms with E-state index in [-0.39, 0.29) is 11.4 Å². The Morgan fingerprint density at radius 3 is 2.53 bits per heavy atom. The van der Waals surface area contributed by atoms with Crippen LogP contribution in [-0.4, -0.2) is 23.2 Å². The third kappa shape index (κ3) is 2.53. The molecule has 0 aliphatic heterocycles. The van der Waals surface area contributed by atoms with Gasteiger partial charge in [0, 0.05) is 11.8 Å². The summed E-state index contributed by atoms with van der Waals surface area (Å²) in [5.74, 6) is -1.02. The molecule has 19 heavy (non-hydrogen) atoms. The van der Waals surface area contributed by atoms with E-state index in [4.69, 9.17) is 15.1 Å². The molecule has 0 unspecified atom stereocenters. The summed E-state index contributed by atoms with van der Waals surface area (Å²) in [7, 11) is 1.37. The number of carboxylic acid groups (broad SMARTS) is 1. The van der Waals surface area contributed by atoms with E-state index >= 15 is 0 Å². The van der Waals surface area contributed by atoms with E-state index in [0.29, 0.717) is 11.1 Å². The van der Waals surface area contributed by atoms with Crippen LogP contribution < -0.4 is 4.74 Å². The Kier molecular flexibility index (Phi) is 3.44. The number of pyridine rings is 1. The first-order chi connectivity index (χ1) is 9.15. The second-order valence-electron chi connectivity index (χ2n) is 3.78. The molecule has 0 aliphatic rings. The maximum Gasteiger partial charge on any atom is 0.341 e. The Balaban J connectivity index is 2.48. The fraction of sp³-hybridized carbons (Fsp3) is 0.0714. The van der Waals surface area contributed by atoms with Crippen LogP contribution in [0.3, 0.4) is 0 Å². The topological polar surface area (TPSA) is 83.2 Å². The Bertz CT molecular complexity index is 657. The van der Waals surface area contributed by atoms with Crippen LogP contribution in [0.25, 0.3) is 11.1 Å². The fourth-order valence-electron chi connectivity index (χ4n) is 1.66. The molecule has 0 saturated carbocycles. The summed E-state index contributed by atoms with van der Waals surface area (Å²) in [5, 5.41) is 17.8. The Hall–Kier alpha value is -2.87. The van der Waals surface area contributed by atoms with E-state index < -0.39 is 5.97 Å². The zero-order valence-electron chi connectivity index (χ0n) is 10.1. The maximum absolute atomic E-state index is 11.1. The standard InChI is InChI=1S/C14H10N2O3/c1-19-13-12(14(17)18)6-11(8-16-13)10-4-2-9(7-15)3-5-10/h2-6,8H,1H3,(H,17,18). The number of ether oxygens (including phenoxy) is 1. The lowest BCUT2D eigenvalue weighted by Crippen LogP contribution is -2.02. The SMILES string of the molecule is COc1ncc(-c2ccc(C#N)cc2)cc1C(=O)O. The number of hydrogen-bond acceptors (Lipinski definition) is 4. The zero-order chi connectivity index (χ0) is 13.8. The quantitative estimate of drug-likeness (QED) is 0.908. The number of aromatic carboxylic acids is 1.